The van der Waals surface area contributed by atoms with Crippen LogP contribution in [0.15, 0.2) is 53.4 Å². The molecule has 0 radical (unpaired) electrons. The zero-order valence-corrected chi connectivity index (χ0v) is 17.9. The van der Waals surface area contributed by atoms with Gasteiger partial charge in [0.1, 0.15) is 5.75 Å². The summed E-state index contributed by atoms with van der Waals surface area (Å²) in [6.07, 6.45) is 1.57. The highest BCUT2D eigenvalue weighted by atomic mass is 32.2. The van der Waals surface area contributed by atoms with Crippen LogP contribution in [0.3, 0.4) is 0 Å². The molecule has 5 nitrogen and oxygen atoms in total. The average molecular weight is 403 g/mol. The number of nitrogens with zero attached hydrogens (tertiary/aromatic N) is 1. The third kappa shape index (κ3) is 4.86. The lowest BCUT2D eigenvalue weighted by molar-refractivity contribution is 0.414. The van der Waals surface area contributed by atoms with Crippen molar-refractivity contribution in [2.24, 2.45) is 0 Å². The number of hydrogen-bond acceptors (Lipinski definition) is 4. The van der Waals surface area contributed by atoms with Gasteiger partial charge in [0.15, 0.2) is 0 Å². The summed E-state index contributed by atoms with van der Waals surface area (Å²) in [6, 6.07) is 15.2. The molecule has 1 aliphatic heterocycles. The van der Waals surface area contributed by atoms with E-state index in [4.69, 9.17) is 4.74 Å². The minimum Gasteiger partial charge on any atom is -0.497 e. The molecule has 6 heteroatoms. The fourth-order valence-electron chi connectivity index (χ4n) is 3.47. The highest BCUT2D eigenvalue weighted by Gasteiger charge is 2.25. The molecule has 0 unspecified atom stereocenters. The average Bonchev–Trinajstić information content (AvgIpc) is 2.68. The van der Waals surface area contributed by atoms with E-state index < -0.39 is 10.0 Å². The van der Waals surface area contributed by atoms with Gasteiger partial charge in [0.05, 0.1) is 12.0 Å². The van der Waals surface area contributed by atoms with Crippen molar-refractivity contribution in [2.75, 3.05) is 25.1 Å². The highest BCUT2D eigenvalue weighted by molar-refractivity contribution is 7.89. The van der Waals surface area contributed by atoms with Crippen molar-refractivity contribution in [2.45, 2.75) is 50.0 Å². The van der Waals surface area contributed by atoms with E-state index in [9.17, 15) is 8.42 Å². The molecule has 152 valence electrons. The zero-order valence-electron chi connectivity index (χ0n) is 17.1. The smallest absolute Gasteiger partial charge is 0.240 e. The third-order valence-electron chi connectivity index (χ3n) is 5.28. The van der Waals surface area contributed by atoms with Gasteiger partial charge in [0.2, 0.25) is 10.0 Å². The van der Waals surface area contributed by atoms with Gasteiger partial charge >= 0.3 is 0 Å². The van der Waals surface area contributed by atoms with Crippen molar-refractivity contribution < 1.29 is 13.2 Å². The Hall–Kier alpha value is -2.05. The first-order chi connectivity index (χ1) is 13.2. The van der Waals surface area contributed by atoms with E-state index in [1.54, 1.807) is 19.2 Å². The number of ether oxygens (including phenoxy) is 1. The summed E-state index contributed by atoms with van der Waals surface area (Å²) in [7, 11) is -1.84. The number of benzene rings is 2. The van der Waals surface area contributed by atoms with Crippen LogP contribution in [0.25, 0.3) is 0 Å². The lowest BCUT2D eigenvalue weighted by atomic mass is 9.87. The standard InChI is InChI=1S/C22H30N2O3S/c1-22(2,3)17-5-11-21(12-6-17)28(25,26)23-18-13-15-24(16-14-18)19-7-9-20(27-4)10-8-19/h5-12,18,23H,13-16H2,1-4H3. The second-order valence-electron chi connectivity index (χ2n) is 8.36. The number of anilines is 1. The van der Waals surface area contributed by atoms with Gasteiger partial charge in [-0.2, -0.15) is 0 Å². The Bertz CT molecular complexity index is 877. The Labute approximate surface area is 168 Å². The summed E-state index contributed by atoms with van der Waals surface area (Å²) in [5, 5.41) is 0. The maximum atomic E-state index is 12.7. The fraction of sp³-hybridized carbons (Fsp3) is 0.455. The van der Waals surface area contributed by atoms with Crippen LogP contribution in [0.4, 0.5) is 5.69 Å². The molecule has 0 saturated carbocycles. The van der Waals surface area contributed by atoms with Gasteiger partial charge in [-0.05, 0) is 60.2 Å². The molecule has 1 saturated heterocycles. The summed E-state index contributed by atoms with van der Waals surface area (Å²) < 4.78 is 33.6. The molecule has 1 N–H and O–H groups in total. The van der Waals surface area contributed by atoms with Crippen molar-refractivity contribution in [3.8, 4) is 5.75 Å². The normalized spacial score (nSPS) is 16.2. The first-order valence-corrected chi connectivity index (χ1v) is 11.2. The molecule has 0 amide bonds. The van der Waals surface area contributed by atoms with E-state index in [1.165, 1.54) is 0 Å². The van der Waals surface area contributed by atoms with Gasteiger partial charge in [-0.3, -0.25) is 0 Å². The number of hydrogen-bond donors (Lipinski definition) is 1. The summed E-state index contributed by atoms with van der Waals surface area (Å²) in [6.45, 7) is 7.99. The molecule has 0 aliphatic carbocycles. The number of piperidine rings is 1. The van der Waals surface area contributed by atoms with Gasteiger partial charge in [-0.25, -0.2) is 13.1 Å². The Balaban J connectivity index is 1.60. The van der Waals surface area contributed by atoms with Crippen LogP contribution in [0.1, 0.15) is 39.2 Å². The summed E-state index contributed by atoms with van der Waals surface area (Å²) in [5.41, 5.74) is 2.27. The lowest BCUT2D eigenvalue weighted by Gasteiger charge is -2.33. The lowest BCUT2D eigenvalue weighted by Crippen LogP contribution is -2.44. The maximum absolute atomic E-state index is 12.7. The number of methoxy groups -OCH3 is 1. The van der Waals surface area contributed by atoms with Crippen LogP contribution >= 0.6 is 0 Å². The van der Waals surface area contributed by atoms with E-state index in [1.807, 2.05) is 36.4 Å². The Morgan fingerprint density at radius 2 is 1.54 bits per heavy atom. The number of rotatable bonds is 5. The second-order valence-corrected chi connectivity index (χ2v) is 10.1. The largest absolute Gasteiger partial charge is 0.497 e. The molecule has 28 heavy (non-hydrogen) atoms. The molecule has 1 heterocycles. The van der Waals surface area contributed by atoms with Crippen LogP contribution < -0.4 is 14.4 Å². The van der Waals surface area contributed by atoms with Crippen LogP contribution in [-0.4, -0.2) is 34.7 Å². The van der Waals surface area contributed by atoms with Crippen molar-refractivity contribution in [3.63, 3.8) is 0 Å². The van der Waals surface area contributed by atoms with E-state index in [0.29, 0.717) is 4.90 Å². The predicted octanol–water partition coefficient (Wildman–Crippen LogP) is 3.94. The van der Waals surface area contributed by atoms with Crippen LogP contribution in [0, 0.1) is 0 Å². The van der Waals surface area contributed by atoms with Gasteiger partial charge in [-0.15, -0.1) is 0 Å². The van der Waals surface area contributed by atoms with Gasteiger partial charge < -0.3 is 9.64 Å². The molecule has 0 bridgehead atoms. The topological polar surface area (TPSA) is 58.6 Å². The molecule has 1 aliphatic rings. The molecule has 0 spiro atoms. The number of sulfonamides is 1. The summed E-state index contributed by atoms with van der Waals surface area (Å²) in [4.78, 5) is 2.61. The Kier molecular flexibility index (Phi) is 6.01. The van der Waals surface area contributed by atoms with Crippen LogP contribution in [-0.2, 0) is 15.4 Å². The molecular weight excluding hydrogens is 372 g/mol. The maximum Gasteiger partial charge on any atom is 0.240 e. The molecule has 3 rings (SSSR count). The number of nitrogens with one attached hydrogen (secondary N) is 1. The zero-order chi connectivity index (χ0) is 20.4. The first-order valence-electron chi connectivity index (χ1n) is 9.71. The minimum absolute atomic E-state index is 0.00397. The quantitative estimate of drug-likeness (QED) is 0.823. The second kappa shape index (κ2) is 8.13. The van der Waals surface area contributed by atoms with Gasteiger partial charge in [0, 0.05) is 24.8 Å². The Morgan fingerprint density at radius 1 is 0.964 bits per heavy atom. The summed E-state index contributed by atoms with van der Waals surface area (Å²) in [5.74, 6) is 0.837. The molecule has 2 aromatic rings. The first kappa shape index (κ1) is 20.7. The third-order valence-corrected chi connectivity index (χ3v) is 6.82. The monoisotopic (exact) mass is 402 g/mol. The molecule has 2 aromatic carbocycles. The molecule has 0 aromatic heterocycles. The molecular formula is C22H30N2O3S. The van der Waals surface area contributed by atoms with E-state index in [-0.39, 0.29) is 11.5 Å². The van der Waals surface area contributed by atoms with E-state index in [2.05, 4.69) is 30.4 Å². The van der Waals surface area contributed by atoms with E-state index in [0.717, 1.165) is 42.9 Å². The van der Waals surface area contributed by atoms with Crippen molar-refractivity contribution in [1.82, 2.24) is 4.72 Å². The van der Waals surface area contributed by atoms with Gasteiger partial charge in [0.25, 0.3) is 0 Å². The van der Waals surface area contributed by atoms with Crippen molar-refractivity contribution in [3.05, 3.63) is 54.1 Å². The van der Waals surface area contributed by atoms with E-state index >= 15 is 0 Å². The highest BCUT2D eigenvalue weighted by Crippen LogP contribution is 2.25. The summed E-state index contributed by atoms with van der Waals surface area (Å²) >= 11 is 0. The molecule has 0 atom stereocenters. The van der Waals surface area contributed by atoms with Crippen LogP contribution in [0.2, 0.25) is 0 Å². The van der Waals surface area contributed by atoms with Crippen LogP contribution in [0.5, 0.6) is 5.75 Å². The van der Waals surface area contributed by atoms with Crippen molar-refractivity contribution in [1.29, 1.82) is 0 Å². The SMILES string of the molecule is COc1ccc(N2CCC(NS(=O)(=O)c3ccc(C(C)(C)C)cc3)CC2)cc1. The van der Waals surface area contributed by atoms with Crippen molar-refractivity contribution >= 4 is 15.7 Å². The minimum atomic E-state index is -3.50. The Morgan fingerprint density at radius 3 is 2.04 bits per heavy atom. The predicted molar refractivity (Wildman–Crippen MR) is 114 cm³/mol. The van der Waals surface area contributed by atoms with Gasteiger partial charge in [-0.1, -0.05) is 32.9 Å². The fourth-order valence-corrected chi connectivity index (χ4v) is 4.78. The molecule has 1 fully saturated rings.